The molecular weight excluding hydrogens is 816 g/mol. The van der Waals surface area contributed by atoms with Gasteiger partial charge in [-0.25, -0.2) is 4.57 Å². The summed E-state index contributed by atoms with van der Waals surface area (Å²) in [6.45, 7) is 4.78. The number of likely N-dealkylation sites (N-methyl/N-ethyl adjacent to an activating group) is 1. The van der Waals surface area contributed by atoms with E-state index in [1.807, 2.05) is 27.2 Å². The van der Waals surface area contributed by atoms with Crippen LogP contribution in [-0.2, 0) is 18.4 Å². The number of phosphoric ester groups is 1. The van der Waals surface area contributed by atoms with Gasteiger partial charge >= 0.3 is 7.82 Å². The molecule has 3 N–H and O–H groups in total. The van der Waals surface area contributed by atoms with Gasteiger partial charge in [-0.3, -0.25) is 13.8 Å². The number of nitrogens with zero attached hydrogens (tertiary/aromatic N) is 1. The van der Waals surface area contributed by atoms with Gasteiger partial charge in [0.25, 0.3) is 0 Å². The first-order valence-corrected chi connectivity index (χ1v) is 28.5. The monoisotopic (exact) mass is 922 g/mol. The largest absolute Gasteiger partial charge is 0.472 e. The molecule has 0 bridgehead atoms. The summed E-state index contributed by atoms with van der Waals surface area (Å²) >= 11 is 0. The van der Waals surface area contributed by atoms with Crippen molar-refractivity contribution in [3.05, 3.63) is 48.6 Å². The van der Waals surface area contributed by atoms with Gasteiger partial charge in [0, 0.05) is 6.42 Å². The van der Waals surface area contributed by atoms with E-state index in [2.05, 4.69) is 55.6 Å². The summed E-state index contributed by atoms with van der Waals surface area (Å²) in [5.41, 5.74) is 0. The highest BCUT2D eigenvalue weighted by molar-refractivity contribution is 7.47. The standard InChI is InChI=1S/C55H105N2O6P/c1-6-8-10-12-14-16-17-18-19-20-21-22-23-24-25-26-27-28-29-30-31-32-33-34-35-36-37-38-39-41-43-45-47-49-55(59)56-53(52-63-64(60,61)62-51-50-57(3,4)5)54(58)48-46-44-42-40-15-13-11-9-7-2/h17-18,20-21,23-24,46,48,53-54,58H,6-16,19,22,25-45,47,49-52H2,1-5H3,(H-,56,59,60,61)/p+1/b18-17-,21-20-,24-23-,48-46+. The molecule has 0 aliphatic heterocycles. The van der Waals surface area contributed by atoms with E-state index in [9.17, 15) is 19.4 Å². The summed E-state index contributed by atoms with van der Waals surface area (Å²) in [4.78, 5) is 23.1. The van der Waals surface area contributed by atoms with E-state index < -0.39 is 20.0 Å². The first-order valence-electron chi connectivity index (χ1n) is 27.0. The zero-order valence-corrected chi connectivity index (χ0v) is 43.7. The van der Waals surface area contributed by atoms with Crippen molar-refractivity contribution in [3.63, 3.8) is 0 Å². The van der Waals surface area contributed by atoms with Crippen molar-refractivity contribution in [2.45, 2.75) is 257 Å². The number of carbonyl (C=O) groups excluding carboxylic acids is 1. The molecule has 376 valence electrons. The molecule has 0 aromatic rings. The average Bonchev–Trinajstić information content (AvgIpc) is 3.25. The fraction of sp³-hybridized carbons (Fsp3) is 0.836. The predicted molar refractivity (Wildman–Crippen MR) is 277 cm³/mol. The normalized spacial score (nSPS) is 14.4. The second kappa shape index (κ2) is 46.6. The van der Waals surface area contributed by atoms with Gasteiger partial charge in [0.05, 0.1) is 39.9 Å². The van der Waals surface area contributed by atoms with Crippen molar-refractivity contribution in [1.29, 1.82) is 0 Å². The number of phosphoric acid groups is 1. The van der Waals surface area contributed by atoms with E-state index in [0.717, 1.165) is 51.4 Å². The number of aliphatic hydroxyl groups excluding tert-OH is 1. The molecule has 0 aliphatic rings. The number of rotatable bonds is 49. The van der Waals surface area contributed by atoms with Crippen molar-refractivity contribution in [3.8, 4) is 0 Å². The molecule has 0 saturated carbocycles. The lowest BCUT2D eigenvalue weighted by Gasteiger charge is -2.25. The summed E-state index contributed by atoms with van der Waals surface area (Å²) < 4.78 is 23.5. The van der Waals surface area contributed by atoms with Crippen LogP contribution in [0.5, 0.6) is 0 Å². The van der Waals surface area contributed by atoms with E-state index in [0.29, 0.717) is 17.4 Å². The van der Waals surface area contributed by atoms with Crippen LogP contribution in [0.2, 0.25) is 0 Å². The Morgan fingerprint density at radius 1 is 0.531 bits per heavy atom. The molecule has 0 radical (unpaired) electrons. The van der Waals surface area contributed by atoms with Crippen LogP contribution in [0.15, 0.2) is 48.6 Å². The molecular formula is C55H106N2O6P+. The molecule has 3 unspecified atom stereocenters. The van der Waals surface area contributed by atoms with Crippen molar-refractivity contribution < 1.29 is 32.9 Å². The fourth-order valence-electron chi connectivity index (χ4n) is 7.76. The zero-order chi connectivity index (χ0) is 47.1. The first kappa shape index (κ1) is 62.5. The number of quaternary nitrogens is 1. The van der Waals surface area contributed by atoms with Crippen molar-refractivity contribution in [1.82, 2.24) is 5.32 Å². The van der Waals surface area contributed by atoms with Crippen LogP contribution in [0.3, 0.4) is 0 Å². The number of nitrogens with one attached hydrogen (secondary N) is 1. The smallest absolute Gasteiger partial charge is 0.387 e. The van der Waals surface area contributed by atoms with Crippen molar-refractivity contribution >= 4 is 13.7 Å². The van der Waals surface area contributed by atoms with Crippen LogP contribution in [-0.4, -0.2) is 73.4 Å². The maximum atomic E-state index is 12.9. The number of aliphatic hydroxyl groups is 1. The highest BCUT2D eigenvalue weighted by atomic mass is 31.2. The lowest BCUT2D eigenvalue weighted by molar-refractivity contribution is -0.870. The SMILES string of the molecule is CCCCCCC/C=C\C/C=C\C/C=C\CCCCCCCCCCCCCCCCCCCCC(=O)NC(COP(=O)(O)OCC[N+](C)(C)C)C(O)/C=C/CCCCCCCCC. The summed E-state index contributed by atoms with van der Waals surface area (Å²) in [5.74, 6) is -0.178. The number of hydrogen-bond donors (Lipinski definition) is 3. The molecule has 0 spiro atoms. The third-order valence-corrected chi connectivity index (χ3v) is 13.0. The number of allylic oxidation sites excluding steroid dienone is 7. The minimum Gasteiger partial charge on any atom is -0.387 e. The van der Waals surface area contributed by atoms with Gasteiger partial charge in [0.15, 0.2) is 0 Å². The molecule has 0 aliphatic carbocycles. The predicted octanol–water partition coefficient (Wildman–Crippen LogP) is 16.0. The van der Waals surface area contributed by atoms with Gasteiger partial charge in [-0.15, -0.1) is 0 Å². The van der Waals surface area contributed by atoms with Gasteiger partial charge in [-0.1, -0.05) is 229 Å². The summed E-state index contributed by atoms with van der Waals surface area (Å²) in [5, 5.41) is 13.8. The van der Waals surface area contributed by atoms with E-state index >= 15 is 0 Å². The highest BCUT2D eigenvalue weighted by Gasteiger charge is 2.27. The topological polar surface area (TPSA) is 105 Å². The maximum Gasteiger partial charge on any atom is 0.472 e. The number of carbonyl (C=O) groups is 1. The first-order chi connectivity index (χ1) is 31.0. The van der Waals surface area contributed by atoms with Gasteiger partial charge < -0.3 is 19.8 Å². The molecule has 64 heavy (non-hydrogen) atoms. The lowest BCUT2D eigenvalue weighted by Crippen LogP contribution is -2.45. The van der Waals surface area contributed by atoms with Gasteiger partial charge in [-0.2, -0.15) is 0 Å². The average molecular weight is 922 g/mol. The molecule has 9 heteroatoms. The van der Waals surface area contributed by atoms with Crippen LogP contribution >= 0.6 is 7.82 Å². The Morgan fingerprint density at radius 3 is 1.30 bits per heavy atom. The second-order valence-electron chi connectivity index (χ2n) is 19.6. The Balaban J connectivity index is 3.95. The second-order valence-corrected chi connectivity index (χ2v) is 21.1. The Kier molecular flexibility index (Phi) is 45.4. The summed E-state index contributed by atoms with van der Waals surface area (Å²) in [6, 6.07) is -0.843. The number of hydrogen-bond acceptors (Lipinski definition) is 5. The summed E-state index contributed by atoms with van der Waals surface area (Å²) in [6.07, 6.45) is 60.8. The number of unbranched alkanes of at least 4 members (excludes halogenated alkanes) is 30. The molecule has 0 saturated heterocycles. The highest BCUT2D eigenvalue weighted by Crippen LogP contribution is 2.43. The quantitative estimate of drug-likeness (QED) is 0.0243. The minimum atomic E-state index is -4.33. The van der Waals surface area contributed by atoms with Crippen molar-refractivity contribution in [2.75, 3.05) is 40.9 Å². The minimum absolute atomic E-state index is 0.0615. The molecule has 0 rings (SSSR count). The molecule has 1 amide bonds. The Hall–Kier alpha value is -1.54. The third kappa shape index (κ3) is 48.4. The lowest BCUT2D eigenvalue weighted by atomic mass is 10.0. The van der Waals surface area contributed by atoms with Crippen LogP contribution in [0.4, 0.5) is 0 Å². The molecule has 3 atom stereocenters. The molecule has 0 aromatic heterocycles. The Labute approximate surface area is 397 Å². The Bertz CT molecular complexity index is 1180. The van der Waals surface area contributed by atoms with Gasteiger partial charge in [0.2, 0.25) is 5.91 Å². The van der Waals surface area contributed by atoms with E-state index in [-0.39, 0.29) is 19.1 Å². The van der Waals surface area contributed by atoms with Gasteiger partial charge in [-0.05, 0) is 57.8 Å². The molecule has 8 nitrogen and oxygen atoms in total. The van der Waals surface area contributed by atoms with Crippen LogP contribution in [0.25, 0.3) is 0 Å². The van der Waals surface area contributed by atoms with Crippen molar-refractivity contribution in [2.24, 2.45) is 0 Å². The van der Waals surface area contributed by atoms with Crippen LogP contribution < -0.4 is 5.32 Å². The Morgan fingerprint density at radius 2 is 0.891 bits per heavy atom. The summed E-state index contributed by atoms with van der Waals surface area (Å²) in [7, 11) is 1.57. The third-order valence-electron chi connectivity index (χ3n) is 12.0. The van der Waals surface area contributed by atoms with E-state index in [1.165, 1.54) is 173 Å². The molecule has 0 fully saturated rings. The maximum absolute atomic E-state index is 12.9. The van der Waals surface area contributed by atoms with Crippen LogP contribution in [0, 0.1) is 0 Å². The zero-order valence-electron chi connectivity index (χ0n) is 42.8. The van der Waals surface area contributed by atoms with E-state index in [4.69, 9.17) is 9.05 Å². The fourth-order valence-corrected chi connectivity index (χ4v) is 8.49. The number of amides is 1. The molecule has 0 aromatic carbocycles. The van der Waals surface area contributed by atoms with E-state index in [1.54, 1.807) is 6.08 Å². The van der Waals surface area contributed by atoms with Crippen LogP contribution in [0.1, 0.15) is 245 Å². The molecule has 0 heterocycles. The van der Waals surface area contributed by atoms with Gasteiger partial charge in [0.1, 0.15) is 13.2 Å².